The Morgan fingerprint density at radius 3 is 2.33 bits per heavy atom. The first kappa shape index (κ1) is 14.7. The van der Waals surface area contributed by atoms with Crippen molar-refractivity contribution in [1.82, 2.24) is 4.90 Å². The number of carbonyl (C=O) groups is 1. The van der Waals surface area contributed by atoms with Crippen LogP contribution in [0.2, 0.25) is 0 Å². The van der Waals surface area contributed by atoms with Gasteiger partial charge in [0.15, 0.2) is 0 Å². The van der Waals surface area contributed by atoms with Gasteiger partial charge in [0.05, 0.1) is 0 Å². The van der Waals surface area contributed by atoms with E-state index in [2.05, 4.69) is 36.1 Å². The van der Waals surface area contributed by atoms with Crippen molar-refractivity contribution in [2.75, 3.05) is 14.1 Å². The maximum atomic E-state index is 10.7. The van der Waals surface area contributed by atoms with Crippen LogP contribution in [-0.4, -0.2) is 30.1 Å². The second-order valence-corrected chi connectivity index (χ2v) is 4.90. The molecule has 0 amide bonds. The lowest BCUT2D eigenvalue weighted by Crippen LogP contribution is -2.20. The van der Waals surface area contributed by atoms with Crippen molar-refractivity contribution in [1.29, 1.82) is 0 Å². The van der Waals surface area contributed by atoms with E-state index in [0.29, 0.717) is 6.42 Å². The van der Waals surface area contributed by atoms with Crippen LogP contribution < -0.4 is 0 Å². The van der Waals surface area contributed by atoms with Crippen LogP contribution in [-0.2, 0) is 11.2 Å². The van der Waals surface area contributed by atoms with Gasteiger partial charge in [-0.1, -0.05) is 37.6 Å². The molecule has 3 nitrogen and oxygen atoms in total. The molecule has 1 atom stereocenters. The lowest BCUT2D eigenvalue weighted by atomic mass is 9.99. The maximum absolute atomic E-state index is 10.7. The molecule has 0 aliphatic heterocycles. The van der Waals surface area contributed by atoms with Crippen molar-refractivity contribution < 1.29 is 9.90 Å². The summed E-state index contributed by atoms with van der Waals surface area (Å²) in [5.74, 6) is -0.732. The summed E-state index contributed by atoms with van der Waals surface area (Å²) in [5, 5.41) is 8.79. The van der Waals surface area contributed by atoms with Gasteiger partial charge in [0, 0.05) is 12.5 Å². The molecule has 3 heteroatoms. The highest BCUT2D eigenvalue weighted by atomic mass is 16.4. The zero-order chi connectivity index (χ0) is 13.5. The van der Waals surface area contributed by atoms with E-state index in [1.165, 1.54) is 11.1 Å². The summed E-state index contributed by atoms with van der Waals surface area (Å²) < 4.78 is 0. The topological polar surface area (TPSA) is 40.5 Å². The molecular formula is C15H23NO2. The van der Waals surface area contributed by atoms with Gasteiger partial charge in [-0.15, -0.1) is 0 Å². The van der Waals surface area contributed by atoms with E-state index in [4.69, 9.17) is 5.11 Å². The van der Waals surface area contributed by atoms with Gasteiger partial charge in [0.25, 0.3) is 0 Å². The van der Waals surface area contributed by atoms with Crippen LogP contribution in [0.4, 0.5) is 0 Å². The zero-order valence-corrected chi connectivity index (χ0v) is 11.5. The van der Waals surface area contributed by atoms with Crippen molar-refractivity contribution in [3.63, 3.8) is 0 Å². The third kappa shape index (κ3) is 4.49. The van der Waals surface area contributed by atoms with Crippen LogP contribution in [0.25, 0.3) is 0 Å². The number of carboxylic acid groups (broad SMARTS) is 1. The molecule has 1 N–H and O–H groups in total. The van der Waals surface area contributed by atoms with Crippen LogP contribution in [0.1, 0.15) is 43.4 Å². The van der Waals surface area contributed by atoms with E-state index >= 15 is 0 Å². The summed E-state index contributed by atoms with van der Waals surface area (Å²) in [6, 6.07) is 8.72. The van der Waals surface area contributed by atoms with Crippen LogP contribution in [0.3, 0.4) is 0 Å². The fraction of sp³-hybridized carbons (Fsp3) is 0.533. The molecular weight excluding hydrogens is 226 g/mol. The molecule has 0 spiro atoms. The Bertz CT molecular complexity index is 371. The molecule has 100 valence electrons. The molecule has 0 aromatic heterocycles. The van der Waals surface area contributed by atoms with Crippen molar-refractivity contribution >= 4 is 5.97 Å². The van der Waals surface area contributed by atoms with E-state index in [1.54, 1.807) is 0 Å². The van der Waals surface area contributed by atoms with Crippen LogP contribution in [0.15, 0.2) is 24.3 Å². The van der Waals surface area contributed by atoms with Gasteiger partial charge in [-0.05, 0) is 38.1 Å². The minimum Gasteiger partial charge on any atom is -0.481 e. The first-order valence-corrected chi connectivity index (χ1v) is 6.51. The van der Waals surface area contributed by atoms with Gasteiger partial charge < -0.3 is 10.0 Å². The summed E-state index contributed by atoms with van der Waals surface area (Å²) in [6.07, 6.45) is 3.10. The quantitative estimate of drug-likeness (QED) is 0.807. The molecule has 0 aliphatic rings. The molecule has 18 heavy (non-hydrogen) atoms. The Balaban J connectivity index is 2.75. The van der Waals surface area contributed by atoms with Crippen LogP contribution in [0, 0.1) is 0 Å². The molecule has 0 radical (unpaired) electrons. The Kier molecular flexibility index (Phi) is 5.86. The predicted octanol–water partition coefficient (Wildman–Crippen LogP) is 3.11. The van der Waals surface area contributed by atoms with E-state index in [-0.39, 0.29) is 12.5 Å². The van der Waals surface area contributed by atoms with Gasteiger partial charge in [-0.3, -0.25) is 4.79 Å². The van der Waals surface area contributed by atoms with Crippen molar-refractivity contribution in [3.8, 4) is 0 Å². The molecule has 1 unspecified atom stereocenters. The number of carboxylic acids is 1. The third-order valence-electron chi connectivity index (χ3n) is 3.16. The fourth-order valence-corrected chi connectivity index (χ4v) is 2.18. The molecule has 0 heterocycles. The molecule has 0 saturated heterocycles. The van der Waals surface area contributed by atoms with E-state index in [1.807, 2.05) is 14.1 Å². The number of benzene rings is 1. The van der Waals surface area contributed by atoms with Crippen molar-refractivity contribution in [2.24, 2.45) is 0 Å². The first-order valence-electron chi connectivity index (χ1n) is 6.51. The Morgan fingerprint density at radius 2 is 1.89 bits per heavy atom. The highest BCUT2D eigenvalue weighted by Gasteiger charge is 2.15. The van der Waals surface area contributed by atoms with Gasteiger partial charge in [0.2, 0.25) is 0 Å². The smallest absolute Gasteiger partial charge is 0.303 e. The molecule has 1 aromatic carbocycles. The Labute approximate surface area is 109 Å². The molecule has 1 aromatic rings. The predicted molar refractivity (Wildman–Crippen MR) is 73.7 cm³/mol. The molecule has 0 aliphatic carbocycles. The standard InChI is InChI=1S/C15H23NO2/c1-4-5-12-6-8-13(9-7-12)14(16(2)3)10-11-15(17)18/h6-9,14H,4-5,10-11H2,1-3H3,(H,17,18). The summed E-state index contributed by atoms with van der Waals surface area (Å²) in [7, 11) is 3.99. The van der Waals surface area contributed by atoms with Gasteiger partial charge in [-0.25, -0.2) is 0 Å². The van der Waals surface area contributed by atoms with Crippen LogP contribution in [0.5, 0.6) is 0 Å². The second kappa shape index (κ2) is 7.17. The maximum Gasteiger partial charge on any atom is 0.303 e. The summed E-state index contributed by atoms with van der Waals surface area (Å²) >= 11 is 0. The highest BCUT2D eigenvalue weighted by molar-refractivity contribution is 5.66. The summed E-state index contributed by atoms with van der Waals surface area (Å²) in [4.78, 5) is 12.8. The van der Waals surface area contributed by atoms with Gasteiger partial charge in [0.1, 0.15) is 0 Å². The molecule has 0 saturated carbocycles. The number of aliphatic carboxylic acids is 1. The second-order valence-electron chi connectivity index (χ2n) is 4.90. The molecule has 0 bridgehead atoms. The van der Waals surface area contributed by atoms with E-state index in [9.17, 15) is 4.79 Å². The summed E-state index contributed by atoms with van der Waals surface area (Å²) in [5.41, 5.74) is 2.54. The minimum atomic E-state index is -0.732. The molecule has 0 fully saturated rings. The largest absolute Gasteiger partial charge is 0.481 e. The van der Waals surface area contributed by atoms with Crippen molar-refractivity contribution in [2.45, 2.75) is 38.6 Å². The normalized spacial score (nSPS) is 12.7. The average Bonchev–Trinajstić information content (AvgIpc) is 2.31. The van der Waals surface area contributed by atoms with Crippen molar-refractivity contribution in [3.05, 3.63) is 35.4 Å². The molecule has 1 rings (SSSR count). The lowest BCUT2D eigenvalue weighted by Gasteiger charge is -2.24. The Morgan fingerprint density at radius 1 is 1.28 bits per heavy atom. The minimum absolute atomic E-state index is 0.178. The van der Waals surface area contributed by atoms with E-state index < -0.39 is 5.97 Å². The number of hydrogen-bond acceptors (Lipinski definition) is 2. The van der Waals surface area contributed by atoms with Gasteiger partial charge >= 0.3 is 5.97 Å². The lowest BCUT2D eigenvalue weighted by molar-refractivity contribution is -0.137. The Hall–Kier alpha value is -1.35. The van der Waals surface area contributed by atoms with E-state index in [0.717, 1.165) is 12.8 Å². The summed E-state index contributed by atoms with van der Waals surface area (Å²) in [6.45, 7) is 2.17. The van der Waals surface area contributed by atoms with Crippen LogP contribution >= 0.6 is 0 Å². The SMILES string of the molecule is CCCc1ccc(C(CCC(=O)O)N(C)C)cc1. The zero-order valence-electron chi connectivity index (χ0n) is 11.5. The fourth-order valence-electron chi connectivity index (χ4n) is 2.18. The number of aryl methyl sites for hydroxylation is 1. The number of hydrogen-bond donors (Lipinski definition) is 1. The van der Waals surface area contributed by atoms with Gasteiger partial charge in [-0.2, -0.15) is 0 Å². The first-order chi connectivity index (χ1) is 8.54. The third-order valence-corrected chi connectivity index (χ3v) is 3.16. The monoisotopic (exact) mass is 249 g/mol. The highest BCUT2D eigenvalue weighted by Crippen LogP contribution is 2.24. The number of rotatable bonds is 7. The number of nitrogens with zero attached hydrogens (tertiary/aromatic N) is 1. The average molecular weight is 249 g/mol.